The second-order valence-corrected chi connectivity index (χ2v) is 10.2. The van der Waals surface area contributed by atoms with E-state index in [1.54, 1.807) is 12.1 Å². The number of carbonyl (C=O) groups is 1. The molecule has 8 heteroatoms. The lowest BCUT2D eigenvalue weighted by Crippen LogP contribution is -2.55. The summed E-state index contributed by atoms with van der Waals surface area (Å²) in [5.74, 6) is 0.0736. The van der Waals surface area contributed by atoms with Crippen molar-refractivity contribution in [2.24, 2.45) is 11.7 Å². The Morgan fingerprint density at radius 3 is 2.54 bits per heavy atom. The Labute approximate surface area is 148 Å². The molecule has 2 heterocycles. The topological polar surface area (TPSA) is 92.5 Å². The van der Waals surface area contributed by atoms with Gasteiger partial charge < -0.3 is 11.1 Å². The van der Waals surface area contributed by atoms with Crippen LogP contribution < -0.4 is 11.1 Å². The number of hydrogen-bond donors (Lipinski definition) is 2. The van der Waals surface area contributed by atoms with E-state index in [2.05, 4.69) is 5.32 Å². The van der Waals surface area contributed by atoms with Crippen molar-refractivity contribution in [2.75, 3.05) is 19.6 Å². The predicted octanol–water partition coefficient (Wildman–Crippen LogP) is 1.56. The van der Waals surface area contributed by atoms with Gasteiger partial charge in [-0.05, 0) is 37.8 Å². The highest BCUT2D eigenvalue weighted by Gasteiger charge is 2.30. The van der Waals surface area contributed by atoms with Crippen molar-refractivity contribution < 1.29 is 13.2 Å². The van der Waals surface area contributed by atoms with Crippen LogP contribution in [-0.2, 0) is 21.2 Å². The summed E-state index contributed by atoms with van der Waals surface area (Å²) in [6.45, 7) is 7.47. The zero-order chi connectivity index (χ0) is 18.0. The molecule has 1 fully saturated rings. The third-order valence-corrected chi connectivity index (χ3v) is 8.21. The number of nitrogens with one attached hydrogen (secondary N) is 1. The quantitative estimate of drug-likeness (QED) is 0.759. The van der Waals surface area contributed by atoms with Gasteiger partial charge in [0.05, 0.1) is 12.0 Å². The van der Waals surface area contributed by atoms with Crippen molar-refractivity contribution in [1.82, 2.24) is 9.62 Å². The largest absolute Gasteiger partial charge is 0.349 e. The fraction of sp³-hybridized carbons (Fsp3) is 0.688. The number of sulfonamides is 1. The lowest BCUT2D eigenvalue weighted by atomic mass is 9.88. The van der Waals surface area contributed by atoms with Crippen molar-refractivity contribution in [1.29, 1.82) is 0 Å². The maximum atomic E-state index is 12.5. The average Bonchev–Trinajstić information content (AvgIpc) is 3.18. The van der Waals surface area contributed by atoms with Gasteiger partial charge in [0, 0.05) is 24.5 Å². The molecule has 3 N–H and O–H groups in total. The summed E-state index contributed by atoms with van der Waals surface area (Å²) in [4.78, 5) is 13.0. The van der Waals surface area contributed by atoms with Gasteiger partial charge in [-0.25, -0.2) is 8.42 Å². The summed E-state index contributed by atoms with van der Waals surface area (Å²) in [6, 6.07) is 3.33. The normalized spacial score (nSPS) is 18.7. The molecule has 1 atom stereocenters. The van der Waals surface area contributed by atoms with Gasteiger partial charge in [0.1, 0.15) is 4.21 Å². The molecule has 2 rings (SSSR count). The second-order valence-electron chi connectivity index (χ2n) is 6.83. The second kappa shape index (κ2) is 7.51. The minimum Gasteiger partial charge on any atom is -0.349 e. The summed E-state index contributed by atoms with van der Waals surface area (Å²) in [7, 11) is -3.41. The summed E-state index contributed by atoms with van der Waals surface area (Å²) in [6.07, 6.45) is 1.99. The Hall–Kier alpha value is -0.960. The lowest BCUT2D eigenvalue weighted by Gasteiger charge is -2.33. The predicted molar refractivity (Wildman–Crippen MR) is 96.5 cm³/mol. The van der Waals surface area contributed by atoms with Crippen LogP contribution in [0.2, 0.25) is 0 Å². The number of hydrogen-bond acceptors (Lipinski definition) is 5. The van der Waals surface area contributed by atoms with Gasteiger partial charge in [-0.3, -0.25) is 4.79 Å². The molecule has 1 aliphatic rings. The fourth-order valence-electron chi connectivity index (χ4n) is 2.60. The molecule has 1 saturated heterocycles. The molecule has 136 valence electrons. The van der Waals surface area contributed by atoms with Crippen LogP contribution in [0, 0.1) is 5.92 Å². The number of nitrogens with two attached hydrogens (primary N) is 1. The first kappa shape index (κ1) is 19.4. The molecule has 1 aromatic heterocycles. The molecule has 0 radical (unpaired) electrons. The summed E-state index contributed by atoms with van der Waals surface area (Å²) < 4.78 is 26.9. The number of carbonyl (C=O) groups excluding carboxylic acids is 1. The monoisotopic (exact) mass is 373 g/mol. The molecule has 0 aromatic carbocycles. The highest BCUT2D eigenvalue weighted by atomic mass is 32.2. The maximum absolute atomic E-state index is 12.5. The summed E-state index contributed by atoms with van der Waals surface area (Å²) >= 11 is 1.18. The number of rotatable bonds is 7. The highest BCUT2D eigenvalue weighted by molar-refractivity contribution is 7.91. The SMILES string of the molecule is CC(C)C(C)(CN)NC(=O)Cc1ccc(S(=O)(=O)N2CCCC2)s1. The van der Waals surface area contributed by atoms with Gasteiger partial charge in [0.15, 0.2) is 0 Å². The van der Waals surface area contributed by atoms with Crippen LogP contribution in [-0.4, -0.2) is 43.8 Å². The van der Waals surface area contributed by atoms with Gasteiger partial charge in [0.25, 0.3) is 10.0 Å². The van der Waals surface area contributed by atoms with Gasteiger partial charge in [-0.1, -0.05) is 13.8 Å². The van der Waals surface area contributed by atoms with E-state index in [1.165, 1.54) is 15.6 Å². The molecule has 24 heavy (non-hydrogen) atoms. The molecule has 1 unspecified atom stereocenters. The summed E-state index contributed by atoms with van der Waals surface area (Å²) in [5, 5.41) is 2.98. The van der Waals surface area contributed by atoms with E-state index < -0.39 is 15.6 Å². The fourth-order valence-corrected chi connectivity index (χ4v) is 5.63. The highest BCUT2D eigenvalue weighted by Crippen LogP contribution is 2.27. The van der Waals surface area contributed by atoms with Gasteiger partial charge in [0.2, 0.25) is 5.91 Å². The first-order chi connectivity index (χ1) is 11.2. The molecule has 1 aromatic rings. The molecule has 6 nitrogen and oxygen atoms in total. The van der Waals surface area contributed by atoms with Crippen molar-refractivity contribution in [3.8, 4) is 0 Å². The molecule has 0 saturated carbocycles. The minimum atomic E-state index is -3.41. The van der Waals surface area contributed by atoms with E-state index in [4.69, 9.17) is 5.73 Å². The van der Waals surface area contributed by atoms with Crippen molar-refractivity contribution in [2.45, 2.75) is 49.8 Å². The van der Waals surface area contributed by atoms with Crippen LogP contribution in [0.25, 0.3) is 0 Å². The smallest absolute Gasteiger partial charge is 0.252 e. The lowest BCUT2D eigenvalue weighted by molar-refractivity contribution is -0.122. The Morgan fingerprint density at radius 2 is 2.00 bits per heavy atom. The summed E-state index contributed by atoms with van der Waals surface area (Å²) in [5.41, 5.74) is 5.32. The number of thiophene rings is 1. The molecule has 0 bridgehead atoms. The Morgan fingerprint density at radius 1 is 1.38 bits per heavy atom. The Bertz CT molecular complexity index is 678. The van der Waals surface area contributed by atoms with Crippen LogP contribution >= 0.6 is 11.3 Å². The zero-order valence-electron chi connectivity index (χ0n) is 14.5. The van der Waals surface area contributed by atoms with Crippen LogP contribution in [0.15, 0.2) is 16.3 Å². The van der Waals surface area contributed by atoms with Gasteiger partial charge in [-0.15, -0.1) is 11.3 Å². The van der Waals surface area contributed by atoms with E-state index in [1.807, 2.05) is 20.8 Å². The molecule has 0 spiro atoms. The minimum absolute atomic E-state index is 0.136. The third-order valence-electron chi connectivity index (χ3n) is 4.75. The maximum Gasteiger partial charge on any atom is 0.252 e. The Kier molecular flexibility index (Phi) is 6.06. The van der Waals surface area contributed by atoms with Crippen LogP contribution in [0.1, 0.15) is 38.5 Å². The van der Waals surface area contributed by atoms with Crippen LogP contribution in [0.5, 0.6) is 0 Å². The molecular formula is C16H27N3O3S2. The number of nitrogens with zero attached hydrogens (tertiary/aromatic N) is 1. The number of amides is 1. The van der Waals surface area contributed by atoms with Crippen molar-refractivity contribution >= 4 is 27.3 Å². The van der Waals surface area contributed by atoms with E-state index >= 15 is 0 Å². The zero-order valence-corrected chi connectivity index (χ0v) is 16.2. The van der Waals surface area contributed by atoms with E-state index in [9.17, 15) is 13.2 Å². The Balaban J connectivity index is 2.05. The van der Waals surface area contributed by atoms with Crippen molar-refractivity contribution in [3.63, 3.8) is 0 Å². The van der Waals surface area contributed by atoms with Gasteiger partial charge >= 0.3 is 0 Å². The first-order valence-corrected chi connectivity index (χ1v) is 10.5. The third kappa shape index (κ3) is 4.17. The first-order valence-electron chi connectivity index (χ1n) is 8.29. The molecule has 0 aliphatic carbocycles. The molecule has 1 aliphatic heterocycles. The molecular weight excluding hydrogens is 346 g/mol. The van der Waals surface area contributed by atoms with Crippen molar-refractivity contribution in [3.05, 3.63) is 17.0 Å². The van der Waals surface area contributed by atoms with Crippen LogP contribution in [0.3, 0.4) is 0 Å². The van der Waals surface area contributed by atoms with E-state index in [0.29, 0.717) is 23.8 Å². The van der Waals surface area contributed by atoms with Gasteiger partial charge in [-0.2, -0.15) is 4.31 Å². The standard InChI is InChI=1S/C16H27N3O3S2/c1-12(2)16(3,11-17)18-14(20)10-13-6-7-15(23-13)24(21,22)19-8-4-5-9-19/h6-7,12H,4-5,8-11,17H2,1-3H3,(H,18,20). The van der Waals surface area contributed by atoms with E-state index in [-0.39, 0.29) is 18.2 Å². The molecule has 1 amide bonds. The van der Waals surface area contributed by atoms with Crippen LogP contribution in [0.4, 0.5) is 0 Å². The van der Waals surface area contributed by atoms with E-state index in [0.717, 1.165) is 17.7 Å². The average molecular weight is 374 g/mol.